The minimum atomic E-state index is 0.0682. The largest absolute Gasteiger partial charge is 0.346 e. The summed E-state index contributed by atoms with van der Waals surface area (Å²) in [5, 5.41) is 2.96. The van der Waals surface area contributed by atoms with Gasteiger partial charge in [0, 0.05) is 6.42 Å². The van der Waals surface area contributed by atoms with Gasteiger partial charge in [-0.05, 0) is 11.1 Å². The number of rotatable bonds is 2. The first-order valence-electron chi connectivity index (χ1n) is 4.87. The second-order valence-corrected chi connectivity index (χ2v) is 3.39. The van der Waals surface area contributed by atoms with Crippen LogP contribution in [-0.2, 0) is 4.79 Å². The smallest absolute Gasteiger partial charge is 0.220 e. The second kappa shape index (κ2) is 3.66. The number of amides is 1. The van der Waals surface area contributed by atoms with E-state index in [1.807, 2.05) is 25.1 Å². The fourth-order valence-corrected chi connectivity index (χ4v) is 1.65. The number of fused-ring (bicyclic) bond motifs is 1. The molecule has 0 saturated heterocycles. The van der Waals surface area contributed by atoms with Crippen molar-refractivity contribution in [3.8, 4) is 0 Å². The van der Waals surface area contributed by atoms with Crippen molar-refractivity contribution < 1.29 is 4.79 Å². The molecule has 0 spiro atoms. The van der Waals surface area contributed by atoms with E-state index in [1.54, 1.807) is 0 Å². The standard InChI is InChI=1S/C12H13NO/c1-2-12(14)13-11-8-7-9-5-3-4-6-10(9)11/h3-8,11H,2H2,1H3,(H,13,14). The van der Waals surface area contributed by atoms with Gasteiger partial charge in [-0.1, -0.05) is 43.3 Å². The van der Waals surface area contributed by atoms with E-state index in [0.29, 0.717) is 6.42 Å². The van der Waals surface area contributed by atoms with Crippen LogP contribution in [0.25, 0.3) is 6.08 Å². The van der Waals surface area contributed by atoms with E-state index < -0.39 is 0 Å². The van der Waals surface area contributed by atoms with Crippen molar-refractivity contribution in [2.24, 2.45) is 0 Å². The van der Waals surface area contributed by atoms with Gasteiger partial charge in [-0.15, -0.1) is 0 Å². The predicted octanol–water partition coefficient (Wildman–Crippen LogP) is 2.28. The van der Waals surface area contributed by atoms with Crippen molar-refractivity contribution in [2.75, 3.05) is 0 Å². The molecule has 2 rings (SSSR count). The van der Waals surface area contributed by atoms with Gasteiger partial charge >= 0.3 is 0 Å². The van der Waals surface area contributed by atoms with Gasteiger partial charge < -0.3 is 5.32 Å². The summed E-state index contributed by atoms with van der Waals surface area (Å²) in [4.78, 5) is 11.2. The van der Waals surface area contributed by atoms with Crippen LogP contribution in [0.5, 0.6) is 0 Å². The topological polar surface area (TPSA) is 29.1 Å². The van der Waals surface area contributed by atoms with Crippen molar-refractivity contribution in [3.63, 3.8) is 0 Å². The van der Waals surface area contributed by atoms with Crippen LogP contribution in [0.15, 0.2) is 30.3 Å². The Hall–Kier alpha value is -1.57. The lowest BCUT2D eigenvalue weighted by Gasteiger charge is -2.12. The van der Waals surface area contributed by atoms with Crippen LogP contribution in [0.2, 0.25) is 0 Å². The van der Waals surface area contributed by atoms with Crippen LogP contribution >= 0.6 is 0 Å². The van der Waals surface area contributed by atoms with E-state index in [2.05, 4.69) is 23.5 Å². The first-order chi connectivity index (χ1) is 6.81. The van der Waals surface area contributed by atoms with Crippen LogP contribution in [0, 0.1) is 0 Å². The zero-order chi connectivity index (χ0) is 9.97. The molecule has 1 aliphatic carbocycles. The highest BCUT2D eigenvalue weighted by Crippen LogP contribution is 2.27. The monoisotopic (exact) mass is 187 g/mol. The maximum atomic E-state index is 11.2. The molecule has 72 valence electrons. The van der Waals surface area contributed by atoms with Gasteiger partial charge in [-0.25, -0.2) is 0 Å². The van der Waals surface area contributed by atoms with Crippen LogP contribution < -0.4 is 5.32 Å². The first-order valence-corrected chi connectivity index (χ1v) is 4.87. The van der Waals surface area contributed by atoms with Crippen molar-refractivity contribution in [1.82, 2.24) is 5.32 Å². The maximum Gasteiger partial charge on any atom is 0.220 e. The van der Waals surface area contributed by atoms with Gasteiger partial charge in [0.05, 0.1) is 6.04 Å². The molecule has 1 amide bonds. The number of benzene rings is 1. The average molecular weight is 187 g/mol. The minimum Gasteiger partial charge on any atom is -0.346 e. The molecule has 1 unspecified atom stereocenters. The Morgan fingerprint density at radius 3 is 3.00 bits per heavy atom. The van der Waals surface area contributed by atoms with Crippen molar-refractivity contribution in [1.29, 1.82) is 0 Å². The van der Waals surface area contributed by atoms with E-state index in [-0.39, 0.29) is 11.9 Å². The lowest BCUT2D eigenvalue weighted by atomic mass is 10.1. The van der Waals surface area contributed by atoms with Crippen molar-refractivity contribution in [2.45, 2.75) is 19.4 Å². The SMILES string of the molecule is CCC(=O)NC1C=Cc2ccccc21. The Balaban J connectivity index is 2.18. The number of hydrogen-bond donors (Lipinski definition) is 1. The lowest BCUT2D eigenvalue weighted by Crippen LogP contribution is -2.25. The van der Waals surface area contributed by atoms with Crippen molar-refractivity contribution in [3.05, 3.63) is 41.5 Å². The Bertz CT molecular complexity index is 382. The zero-order valence-corrected chi connectivity index (χ0v) is 8.16. The van der Waals surface area contributed by atoms with Crippen LogP contribution in [0.4, 0.5) is 0 Å². The Kier molecular flexibility index (Phi) is 2.35. The van der Waals surface area contributed by atoms with E-state index in [1.165, 1.54) is 11.1 Å². The normalized spacial score (nSPS) is 17.9. The molecule has 0 fully saturated rings. The third-order valence-electron chi connectivity index (χ3n) is 2.44. The quantitative estimate of drug-likeness (QED) is 0.756. The van der Waals surface area contributed by atoms with Gasteiger partial charge in [-0.2, -0.15) is 0 Å². The summed E-state index contributed by atoms with van der Waals surface area (Å²) in [6, 6.07) is 8.18. The van der Waals surface area contributed by atoms with Crippen LogP contribution in [0.1, 0.15) is 30.5 Å². The maximum absolute atomic E-state index is 11.2. The molecule has 0 aromatic heterocycles. The molecule has 0 saturated carbocycles. The van der Waals surface area contributed by atoms with Gasteiger partial charge in [0.25, 0.3) is 0 Å². The highest BCUT2D eigenvalue weighted by atomic mass is 16.1. The second-order valence-electron chi connectivity index (χ2n) is 3.39. The Labute approximate surface area is 83.6 Å². The lowest BCUT2D eigenvalue weighted by molar-refractivity contribution is -0.121. The molecular formula is C12H13NO. The fourth-order valence-electron chi connectivity index (χ4n) is 1.65. The molecule has 0 heterocycles. The van der Waals surface area contributed by atoms with Gasteiger partial charge in [-0.3, -0.25) is 4.79 Å². The summed E-state index contributed by atoms with van der Waals surface area (Å²) in [6.45, 7) is 1.86. The number of nitrogens with one attached hydrogen (secondary N) is 1. The number of carbonyl (C=O) groups excluding carboxylic acids is 1. The summed E-state index contributed by atoms with van der Waals surface area (Å²) in [6.07, 6.45) is 4.61. The molecular weight excluding hydrogens is 174 g/mol. The molecule has 14 heavy (non-hydrogen) atoms. The third kappa shape index (κ3) is 1.55. The van der Waals surface area contributed by atoms with E-state index in [9.17, 15) is 4.79 Å². The highest BCUT2D eigenvalue weighted by Gasteiger charge is 2.17. The molecule has 0 aliphatic heterocycles. The highest BCUT2D eigenvalue weighted by molar-refractivity contribution is 5.77. The molecule has 1 aromatic carbocycles. The molecule has 2 nitrogen and oxygen atoms in total. The number of hydrogen-bond acceptors (Lipinski definition) is 1. The number of carbonyl (C=O) groups is 1. The summed E-state index contributed by atoms with van der Waals surface area (Å²) in [7, 11) is 0. The predicted molar refractivity (Wildman–Crippen MR) is 56.7 cm³/mol. The molecule has 0 radical (unpaired) electrons. The molecule has 1 atom stereocenters. The molecule has 1 aliphatic rings. The van der Waals surface area contributed by atoms with Crippen molar-refractivity contribution >= 4 is 12.0 Å². The summed E-state index contributed by atoms with van der Waals surface area (Å²) >= 11 is 0. The fraction of sp³-hybridized carbons (Fsp3) is 0.250. The third-order valence-corrected chi connectivity index (χ3v) is 2.44. The average Bonchev–Trinajstić information content (AvgIpc) is 2.62. The van der Waals surface area contributed by atoms with Crippen LogP contribution in [-0.4, -0.2) is 5.91 Å². The summed E-state index contributed by atoms with van der Waals surface area (Å²) < 4.78 is 0. The summed E-state index contributed by atoms with van der Waals surface area (Å²) in [5.41, 5.74) is 2.39. The minimum absolute atomic E-state index is 0.0682. The zero-order valence-electron chi connectivity index (χ0n) is 8.16. The molecule has 1 N–H and O–H groups in total. The first kappa shape index (κ1) is 9.00. The van der Waals surface area contributed by atoms with Crippen LogP contribution in [0.3, 0.4) is 0 Å². The molecule has 1 aromatic rings. The Morgan fingerprint density at radius 1 is 1.43 bits per heavy atom. The Morgan fingerprint density at radius 2 is 2.21 bits per heavy atom. The van der Waals surface area contributed by atoms with Gasteiger partial charge in [0.2, 0.25) is 5.91 Å². The van der Waals surface area contributed by atoms with E-state index in [0.717, 1.165) is 0 Å². The van der Waals surface area contributed by atoms with E-state index >= 15 is 0 Å². The van der Waals surface area contributed by atoms with Gasteiger partial charge in [0.1, 0.15) is 0 Å². The van der Waals surface area contributed by atoms with Gasteiger partial charge in [0.15, 0.2) is 0 Å². The molecule has 2 heteroatoms. The summed E-state index contributed by atoms with van der Waals surface area (Å²) in [5.74, 6) is 0.0938. The molecule has 0 bridgehead atoms. The van der Waals surface area contributed by atoms with E-state index in [4.69, 9.17) is 0 Å².